The van der Waals surface area contributed by atoms with Gasteiger partial charge in [0.05, 0.1) is 19.3 Å². The van der Waals surface area contributed by atoms with E-state index in [-0.39, 0.29) is 12.1 Å². The molecule has 1 saturated heterocycles. The number of carbonyl (C=O) groups excluding carboxylic acids is 1. The fourth-order valence-electron chi connectivity index (χ4n) is 3.29. The second-order valence-electron chi connectivity index (χ2n) is 6.20. The Hall–Kier alpha value is -2.50. The van der Waals surface area contributed by atoms with Crippen molar-refractivity contribution in [3.05, 3.63) is 47.3 Å². The number of aromatic nitrogens is 2. The number of ether oxygens (including phenoxy) is 1. The van der Waals surface area contributed by atoms with E-state index in [9.17, 15) is 4.79 Å². The molecular formula is C18H24N4O2. The van der Waals surface area contributed by atoms with Crippen molar-refractivity contribution in [2.45, 2.75) is 38.8 Å². The van der Waals surface area contributed by atoms with Crippen LogP contribution >= 0.6 is 0 Å². The van der Waals surface area contributed by atoms with Crippen LogP contribution in [-0.2, 0) is 6.54 Å². The number of H-pyrrole nitrogens is 1. The van der Waals surface area contributed by atoms with Crippen molar-refractivity contribution >= 4 is 6.03 Å². The summed E-state index contributed by atoms with van der Waals surface area (Å²) in [6.45, 7) is 3.30. The maximum atomic E-state index is 12.6. The number of aryl methyl sites for hydroxylation is 1. The van der Waals surface area contributed by atoms with E-state index in [2.05, 4.69) is 15.5 Å². The van der Waals surface area contributed by atoms with Gasteiger partial charge in [-0.2, -0.15) is 5.10 Å². The smallest absolute Gasteiger partial charge is 0.318 e. The second-order valence-corrected chi connectivity index (χ2v) is 6.20. The number of piperidine rings is 1. The zero-order valence-corrected chi connectivity index (χ0v) is 14.2. The maximum absolute atomic E-state index is 12.6. The zero-order valence-electron chi connectivity index (χ0n) is 14.2. The first kappa shape index (κ1) is 16.4. The van der Waals surface area contributed by atoms with E-state index in [4.69, 9.17) is 4.74 Å². The highest BCUT2D eigenvalue weighted by Crippen LogP contribution is 2.30. The van der Waals surface area contributed by atoms with Crippen molar-refractivity contribution in [3.8, 4) is 5.75 Å². The lowest BCUT2D eigenvalue weighted by Crippen LogP contribution is -2.44. The number of rotatable bonds is 4. The van der Waals surface area contributed by atoms with E-state index in [0.29, 0.717) is 6.54 Å². The van der Waals surface area contributed by atoms with Crippen LogP contribution in [0, 0.1) is 6.92 Å². The molecule has 1 atom stereocenters. The van der Waals surface area contributed by atoms with Crippen LogP contribution in [0.3, 0.4) is 0 Å². The minimum absolute atomic E-state index is 0.0191. The van der Waals surface area contributed by atoms with Gasteiger partial charge in [0, 0.05) is 24.8 Å². The molecule has 3 rings (SSSR count). The SMILES string of the molecule is COc1ccc(CNC(=O)N2CCCC[C@H]2c2cn[nH]c2)cc1C. The molecule has 6 nitrogen and oxygen atoms in total. The Balaban J connectivity index is 1.64. The summed E-state index contributed by atoms with van der Waals surface area (Å²) in [6.07, 6.45) is 6.85. The van der Waals surface area contributed by atoms with Crippen LogP contribution in [0.5, 0.6) is 5.75 Å². The number of hydrogen-bond acceptors (Lipinski definition) is 3. The molecule has 0 bridgehead atoms. The molecule has 0 saturated carbocycles. The molecule has 128 valence electrons. The maximum Gasteiger partial charge on any atom is 0.318 e. The number of nitrogens with one attached hydrogen (secondary N) is 2. The average Bonchev–Trinajstić information content (AvgIpc) is 3.14. The molecule has 2 N–H and O–H groups in total. The van der Waals surface area contributed by atoms with E-state index in [0.717, 1.165) is 48.2 Å². The first-order valence-corrected chi connectivity index (χ1v) is 8.35. The summed E-state index contributed by atoms with van der Waals surface area (Å²) in [5, 5.41) is 9.90. The van der Waals surface area contributed by atoms with Gasteiger partial charge in [-0.1, -0.05) is 12.1 Å². The lowest BCUT2D eigenvalue weighted by atomic mass is 9.98. The Morgan fingerprint density at radius 3 is 3.04 bits per heavy atom. The molecule has 0 radical (unpaired) electrons. The van der Waals surface area contributed by atoms with E-state index in [1.54, 1.807) is 7.11 Å². The minimum atomic E-state index is -0.0191. The van der Waals surface area contributed by atoms with Gasteiger partial charge in [0.25, 0.3) is 0 Å². The molecule has 2 aromatic rings. The summed E-state index contributed by atoms with van der Waals surface area (Å²) >= 11 is 0. The molecule has 1 aromatic heterocycles. The highest BCUT2D eigenvalue weighted by molar-refractivity contribution is 5.75. The number of nitrogens with zero attached hydrogens (tertiary/aromatic N) is 2. The van der Waals surface area contributed by atoms with Crippen LogP contribution in [0.15, 0.2) is 30.6 Å². The summed E-state index contributed by atoms with van der Waals surface area (Å²) in [7, 11) is 1.66. The van der Waals surface area contributed by atoms with Gasteiger partial charge in [0.2, 0.25) is 0 Å². The van der Waals surface area contributed by atoms with Crippen LogP contribution in [0.25, 0.3) is 0 Å². The highest BCUT2D eigenvalue weighted by atomic mass is 16.5. The fraction of sp³-hybridized carbons (Fsp3) is 0.444. The normalized spacial score (nSPS) is 17.6. The zero-order chi connectivity index (χ0) is 16.9. The molecule has 1 aromatic carbocycles. The number of carbonyl (C=O) groups is 1. The molecule has 6 heteroatoms. The third-order valence-electron chi connectivity index (χ3n) is 4.57. The lowest BCUT2D eigenvalue weighted by Gasteiger charge is -2.35. The van der Waals surface area contributed by atoms with Crippen LogP contribution < -0.4 is 10.1 Å². The molecule has 1 aliphatic heterocycles. The summed E-state index contributed by atoms with van der Waals surface area (Å²) in [6, 6.07) is 6.05. The van der Waals surface area contributed by atoms with E-state index in [1.165, 1.54) is 0 Å². The number of amides is 2. The molecule has 1 fully saturated rings. The van der Waals surface area contributed by atoms with E-state index in [1.807, 2.05) is 42.4 Å². The van der Waals surface area contributed by atoms with Gasteiger partial charge >= 0.3 is 6.03 Å². The first-order valence-electron chi connectivity index (χ1n) is 8.35. The van der Waals surface area contributed by atoms with Crippen molar-refractivity contribution < 1.29 is 9.53 Å². The topological polar surface area (TPSA) is 70.2 Å². The minimum Gasteiger partial charge on any atom is -0.496 e. The van der Waals surface area contributed by atoms with Gasteiger partial charge in [-0.25, -0.2) is 4.79 Å². The van der Waals surface area contributed by atoms with Crippen LogP contribution in [-0.4, -0.2) is 34.8 Å². The quantitative estimate of drug-likeness (QED) is 0.905. The van der Waals surface area contributed by atoms with E-state index < -0.39 is 0 Å². The monoisotopic (exact) mass is 328 g/mol. The summed E-state index contributed by atoms with van der Waals surface area (Å²) in [4.78, 5) is 14.6. The molecule has 0 spiro atoms. The summed E-state index contributed by atoms with van der Waals surface area (Å²) in [5.41, 5.74) is 3.21. The molecule has 1 aliphatic rings. The van der Waals surface area contributed by atoms with Gasteiger partial charge in [-0.3, -0.25) is 5.10 Å². The van der Waals surface area contributed by atoms with Crippen molar-refractivity contribution in [2.75, 3.05) is 13.7 Å². The van der Waals surface area contributed by atoms with Gasteiger partial charge in [-0.15, -0.1) is 0 Å². The van der Waals surface area contributed by atoms with Crippen molar-refractivity contribution in [1.82, 2.24) is 20.4 Å². The Bertz CT molecular complexity index is 684. The number of hydrogen-bond donors (Lipinski definition) is 2. The van der Waals surface area contributed by atoms with E-state index >= 15 is 0 Å². The Kier molecular flexibility index (Phi) is 5.03. The van der Waals surface area contributed by atoms with Gasteiger partial charge < -0.3 is 15.0 Å². The van der Waals surface area contributed by atoms with Crippen LogP contribution in [0.4, 0.5) is 4.79 Å². The van der Waals surface area contributed by atoms with Crippen molar-refractivity contribution in [1.29, 1.82) is 0 Å². The van der Waals surface area contributed by atoms with Gasteiger partial charge in [-0.05, 0) is 43.4 Å². The third-order valence-corrected chi connectivity index (χ3v) is 4.57. The summed E-state index contributed by atoms with van der Waals surface area (Å²) < 4.78 is 5.27. The van der Waals surface area contributed by atoms with Crippen LogP contribution in [0.2, 0.25) is 0 Å². The molecular weight excluding hydrogens is 304 g/mol. The number of likely N-dealkylation sites (tertiary alicyclic amines) is 1. The van der Waals surface area contributed by atoms with Crippen molar-refractivity contribution in [2.24, 2.45) is 0 Å². The molecule has 2 amide bonds. The summed E-state index contributed by atoms with van der Waals surface area (Å²) in [5.74, 6) is 0.862. The van der Waals surface area contributed by atoms with Gasteiger partial charge in [0.15, 0.2) is 0 Å². The second kappa shape index (κ2) is 7.38. The predicted octanol–water partition coefficient (Wildman–Crippen LogP) is 3.16. The van der Waals surface area contributed by atoms with Gasteiger partial charge in [0.1, 0.15) is 5.75 Å². The highest BCUT2D eigenvalue weighted by Gasteiger charge is 2.28. The number of methoxy groups -OCH3 is 1. The van der Waals surface area contributed by atoms with Crippen molar-refractivity contribution in [3.63, 3.8) is 0 Å². The molecule has 24 heavy (non-hydrogen) atoms. The molecule has 2 heterocycles. The number of aromatic amines is 1. The largest absolute Gasteiger partial charge is 0.496 e. The van der Waals surface area contributed by atoms with Crippen LogP contribution in [0.1, 0.15) is 42.0 Å². The number of benzene rings is 1. The Morgan fingerprint density at radius 1 is 1.46 bits per heavy atom. The standard InChI is InChI=1S/C18H24N4O2/c1-13-9-14(6-7-17(13)24-2)10-19-18(23)22-8-4-3-5-16(22)15-11-20-21-12-15/h6-7,9,11-12,16H,3-5,8,10H2,1-2H3,(H,19,23)(H,20,21)/t16-/m0/s1. The Labute approximate surface area is 142 Å². The molecule has 0 unspecified atom stereocenters. The third kappa shape index (κ3) is 3.53. The average molecular weight is 328 g/mol. The predicted molar refractivity (Wildman–Crippen MR) is 91.9 cm³/mol. The fourth-order valence-corrected chi connectivity index (χ4v) is 3.29. The lowest BCUT2D eigenvalue weighted by molar-refractivity contribution is 0.151. The first-order chi connectivity index (χ1) is 11.7. The Morgan fingerprint density at radius 2 is 2.33 bits per heavy atom. The molecule has 0 aliphatic carbocycles. The number of urea groups is 1.